The van der Waals surface area contributed by atoms with Crippen LogP contribution in [-0.2, 0) is 42.8 Å². The van der Waals surface area contributed by atoms with Crippen LogP contribution >= 0.6 is 0 Å². The van der Waals surface area contributed by atoms with Crippen LogP contribution in [-0.4, -0.2) is 90.5 Å². The predicted octanol–water partition coefficient (Wildman–Crippen LogP) is 1.03. The van der Waals surface area contributed by atoms with E-state index >= 15 is 0 Å². The van der Waals surface area contributed by atoms with E-state index < -0.39 is 67.4 Å². The van der Waals surface area contributed by atoms with Crippen LogP contribution in [0.3, 0.4) is 0 Å². The molecule has 12 nitrogen and oxygen atoms in total. The zero-order chi connectivity index (χ0) is 28.7. The fourth-order valence-electron chi connectivity index (χ4n) is 4.60. The number of esters is 3. The first-order valence-electron chi connectivity index (χ1n) is 13.0. The van der Waals surface area contributed by atoms with Gasteiger partial charge in [-0.3, -0.25) is 4.79 Å². The second-order valence-corrected chi connectivity index (χ2v) is 9.91. The summed E-state index contributed by atoms with van der Waals surface area (Å²) in [5.41, 5.74) is 0.803. The van der Waals surface area contributed by atoms with Crippen molar-refractivity contribution in [3.63, 3.8) is 0 Å². The van der Waals surface area contributed by atoms with E-state index in [0.29, 0.717) is 24.0 Å². The molecule has 3 aliphatic heterocycles. The number of hydrogen-bond acceptors (Lipinski definition) is 12. The topological polar surface area (TPSA) is 167 Å². The second-order valence-electron chi connectivity index (χ2n) is 9.91. The molecule has 0 amide bonds. The van der Waals surface area contributed by atoms with E-state index in [2.05, 4.69) is 0 Å². The Morgan fingerprint density at radius 3 is 2.51 bits per heavy atom. The lowest BCUT2D eigenvalue weighted by molar-refractivity contribution is -0.328. The number of allylic oxidation sites excluding steroid dienone is 2. The van der Waals surface area contributed by atoms with E-state index in [-0.39, 0.29) is 24.5 Å². The van der Waals surface area contributed by atoms with Gasteiger partial charge in [-0.25, -0.2) is 9.59 Å². The highest BCUT2D eigenvalue weighted by molar-refractivity contribution is 5.90. The molecular weight excluding hydrogens is 516 g/mol. The van der Waals surface area contributed by atoms with Gasteiger partial charge < -0.3 is 43.7 Å². The molecule has 1 saturated heterocycles. The molecule has 1 fully saturated rings. The van der Waals surface area contributed by atoms with Gasteiger partial charge in [0.2, 0.25) is 6.29 Å². The van der Waals surface area contributed by atoms with E-state index in [9.17, 15) is 29.7 Å². The van der Waals surface area contributed by atoms with Crippen LogP contribution in [0, 0.1) is 11.8 Å². The van der Waals surface area contributed by atoms with Crippen LogP contribution in [0.15, 0.2) is 35.1 Å². The summed E-state index contributed by atoms with van der Waals surface area (Å²) < 4.78 is 32.7. The first-order valence-corrected chi connectivity index (χ1v) is 13.0. The number of cyclic esters (lactones) is 2. The zero-order valence-electron chi connectivity index (χ0n) is 22.6. The largest absolute Gasteiger partial charge is 0.468 e. The number of carbonyl (C=O) groups excluding carboxylic acids is 3. The maximum Gasteiger partial charge on any atom is 0.337 e. The fourth-order valence-corrected chi connectivity index (χ4v) is 4.60. The number of ether oxygens (including phenoxy) is 6. The highest BCUT2D eigenvalue weighted by atomic mass is 16.8. The van der Waals surface area contributed by atoms with Crippen LogP contribution in [0.25, 0.3) is 0 Å². The van der Waals surface area contributed by atoms with Gasteiger partial charge in [0.1, 0.15) is 31.0 Å². The summed E-state index contributed by atoms with van der Waals surface area (Å²) in [6.45, 7) is 5.04. The molecule has 8 atom stereocenters. The summed E-state index contributed by atoms with van der Waals surface area (Å²) in [5.74, 6) is -2.47. The lowest BCUT2D eigenvalue weighted by Crippen LogP contribution is -2.60. The molecule has 0 radical (unpaired) electrons. The van der Waals surface area contributed by atoms with Crippen molar-refractivity contribution in [3.05, 3.63) is 35.1 Å². The molecular formula is C27H38O12. The fraction of sp³-hybridized carbons (Fsp3) is 0.667. The SMILES string of the molecule is CC=C1C2OC=C(C(=O)OC)C1CC(=O)OCCC(C)CCC=C(C)C(=O)OCC1OC(O2)C(O)C(O)C1O. The molecule has 8 unspecified atom stereocenters. The van der Waals surface area contributed by atoms with Crippen molar-refractivity contribution in [2.75, 3.05) is 20.3 Å². The van der Waals surface area contributed by atoms with Gasteiger partial charge in [0.05, 0.1) is 32.0 Å². The number of rotatable bonds is 1. The highest BCUT2D eigenvalue weighted by Gasteiger charge is 2.47. The Labute approximate surface area is 227 Å². The van der Waals surface area contributed by atoms with Gasteiger partial charge in [-0.15, -0.1) is 0 Å². The molecule has 12 heteroatoms. The molecule has 3 N–H and O–H groups in total. The Kier molecular flexibility index (Phi) is 11.1. The van der Waals surface area contributed by atoms with Gasteiger partial charge in [0, 0.05) is 17.1 Å². The summed E-state index contributed by atoms with van der Waals surface area (Å²) in [6, 6.07) is 0. The average molecular weight is 555 g/mol. The van der Waals surface area contributed by atoms with Crippen molar-refractivity contribution in [1.82, 2.24) is 0 Å². The number of aliphatic hydroxyl groups is 3. The normalized spacial score (nSPS) is 36.4. The van der Waals surface area contributed by atoms with Gasteiger partial charge in [-0.05, 0) is 39.0 Å². The number of hydrogen-bond donors (Lipinski definition) is 3. The first kappa shape index (κ1) is 30.8. The van der Waals surface area contributed by atoms with Gasteiger partial charge >= 0.3 is 17.9 Å². The molecule has 0 saturated carbocycles. The first-order chi connectivity index (χ1) is 18.6. The third kappa shape index (κ3) is 7.67. The Balaban J connectivity index is 1.91. The van der Waals surface area contributed by atoms with Crippen LogP contribution in [0.1, 0.15) is 46.5 Å². The Morgan fingerprint density at radius 2 is 1.82 bits per heavy atom. The van der Waals surface area contributed by atoms with Gasteiger partial charge in [0.15, 0.2) is 6.29 Å². The molecule has 3 rings (SSSR count). The molecule has 0 spiro atoms. The number of aliphatic hydroxyl groups excluding tert-OH is 3. The van der Waals surface area contributed by atoms with Gasteiger partial charge in [-0.2, -0.15) is 0 Å². The van der Waals surface area contributed by atoms with Crippen LogP contribution < -0.4 is 0 Å². The maximum absolute atomic E-state index is 12.8. The maximum atomic E-state index is 12.8. The van der Waals surface area contributed by atoms with Crippen LogP contribution in [0.2, 0.25) is 0 Å². The molecule has 0 aromatic carbocycles. The quantitative estimate of drug-likeness (QED) is 0.240. The van der Waals surface area contributed by atoms with Gasteiger partial charge in [0.25, 0.3) is 0 Å². The van der Waals surface area contributed by atoms with Crippen molar-refractivity contribution in [2.45, 2.75) is 83.5 Å². The summed E-state index contributed by atoms with van der Waals surface area (Å²) >= 11 is 0. The molecule has 0 aromatic heterocycles. The molecule has 4 bridgehead atoms. The molecule has 3 heterocycles. The van der Waals surface area contributed by atoms with Crippen LogP contribution in [0.4, 0.5) is 0 Å². The van der Waals surface area contributed by atoms with Crippen LogP contribution in [0.5, 0.6) is 0 Å². The molecule has 218 valence electrons. The van der Waals surface area contributed by atoms with E-state index in [1.807, 2.05) is 6.92 Å². The number of methoxy groups -OCH3 is 1. The Hall–Kier alpha value is -2.77. The smallest absolute Gasteiger partial charge is 0.337 e. The third-order valence-corrected chi connectivity index (χ3v) is 7.10. The minimum Gasteiger partial charge on any atom is -0.468 e. The van der Waals surface area contributed by atoms with Crippen molar-refractivity contribution >= 4 is 17.9 Å². The van der Waals surface area contributed by atoms with E-state index in [0.717, 1.165) is 12.7 Å². The highest BCUT2D eigenvalue weighted by Crippen LogP contribution is 2.36. The monoisotopic (exact) mass is 554 g/mol. The van der Waals surface area contributed by atoms with Gasteiger partial charge in [-0.1, -0.05) is 19.1 Å². The number of fused-ring (bicyclic) bond motifs is 4. The average Bonchev–Trinajstić information content (AvgIpc) is 2.91. The van der Waals surface area contributed by atoms with Crippen molar-refractivity contribution < 1.29 is 58.1 Å². The molecule has 3 aliphatic rings. The second kappa shape index (κ2) is 14.0. The third-order valence-electron chi connectivity index (χ3n) is 7.10. The Bertz CT molecular complexity index is 985. The molecule has 0 aliphatic carbocycles. The summed E-state index contributed by atoms with van der Waals surface area (Å²) in [5, 5.41) is 31.4. The van der Waals surface area contributed by atoms with Crippen molar-refractivity contribution in [2.24, 2.45) is 11.8 Å². The lowest BCUT2D eigenvalue weighted by Gasteiger charge is -2.42. The van der Waals surface area contributed by atoms with E-state index in [1.165, 1.54) is 7.11 Å². The standard InChI is InChI=1S/C27H38O12/c1-5-16-17-11-20(28)35-10-9-14(2)7-6-8-15(3)24(32)36-13-19-21(29)22(30)23(31)27(38-19)39-26(16)37-12-18(17)25(33)34-4/h5,8,12,14,17,19,21-23,26-27,29-31H,6-7,9-11,13H2,1-4H3. The predicted molar refractivity (Wildman–Crippen MR) is 133 cm³/mol. The minimum atomic E-state index is -1.69. The van der Waals surface area contributed by atoms with E-state index in [1.54, 1.807) is 26.0 Å². The number of carbonyl (C=O) groups is 3. The minimum absolute atomic E-state index is 0.0745. The van der Waals surface area contributed by atoms with E-state index in [4.69, 9.17) is 28.4 Å². The summed E-state index contributed by atoms with van der Waals surface area (Å²) in [4.78, 5) is 37.7. The molecule has 39 heavy (non-hydrogen) atoms. The summed E-state index contributed by atoms with van der Waals surface area (Å²) in [7, 11) is 1.20. The van der Waals surface area contributed by atoms with Crippen molar-refractivity contribution in [3.8, 4) is 0 Å². The molecule has 0 aromatic rings. The zero-order valence-corrected chi connectivity index (χ0v) is 22.6. The van der Waals surface area contributed by atoms with Crippen molar-refractivity contribution in [1.29, 1.82) is 0 Å². The lowest BCUT2D eigenvalue weighted by atomic mass is 9.86. The Morgan fingerprint density at radius 1 is 1.08 bits per heavy atom. The summed E-state index contributed by atoms with van der Waals surface area (Å²) in [6.07, 6.45) is -2.72.